The molecule has 0 fully saturated rings. The van der Waals surface area contributed by atoms with Crippen LogP contribution in [0.1, 0.15) is 0 Å². The van der Waals surface area contributed by atoms with Gasteiger partial charge in [-0.05, 0) is 28.1 Å². The van der Waals surface area contributed by atoms with Gasteiger partial charge in [0.2, 0.25) is 0 Å². The van der Waals surface area contributed by atoms with Crippen molar-refractivity contribution in [3.8, 4) is 0 Å². The third-order valence-electron chi connectivity index (χ3n) is 2.63. The Balaban J connectivity index is 1.87. The van der Waals surface area contributed by atoms with E-state index in [1.807, 2.05) is 24.3 Å². The van der Waals surface area contributed by atoms with Crippen molar-refractivity contribution in [1.82, 2.24) is 9.78 Å². The minimum atomic E-state index is -0.707. The van der Waals surface area contributed by atoms with Gasteiger partial charge in [-0.3, -0.25) is 14.8 Å². The molecule has 2 N–H and O–H groups in total. The van der Waals surface area contributed by atoms with Gasteiger partial charge in [-0.2, -0.15) is 5.10 Å². The van der Waals surface area contributed by atoms with Gasteiger partial charge in [0.1, 0.15) is 12.4 Å². The van der Waals surface area contributed by atoms with Crippen molar-refractivity contribution in [2.45, 2.75) is 12.6 Å². The average Bonchev–Trinajstić information content (AvgIpc) is 2.86. The number of hydrogen-bond donors (Lipinski definition) is 2. The molecule has 0 bridgehead atoms. The molecule has 0 amide bonds. The van der Waals surface area contributed by atoms with Gasteiger partial charge in [-0.1, -0.05) is 12.1 Å². The van der Waals surface area contributed by atoms with Crippen molar-refractivity contribution in [1.29, 1.82) is 0 Å². The van der Waals surface area contributed by atoms with Gasteiger partial charge in [0.15, 0.2) is 0 Å². The zero-order chi connectivity index (χ0) is 14.5. The molecular formula is C12H13BrN4O3. The molecule has 0 aliphatic rings. The van der Waals surface area contributed by atoms with Gasteiger partial charge < -0.3 is 10.4 Å². The SMILES string of the molecule is O=[N+]([O-])c1cnn(CC(O)CNc2ccccc2Br)c1. The van der Waals surface area contributed by atoms with E-state index in [2.05, 4.69) is 26.3 Å². The Morgan fingerprint density at radius 1 is 1.50 bits per heavy atom. The minimum absolute atomic E-state index is 0.0871. The van der Waals surface area contributed by atoms with Crippen molar-refractivity contribution in [3.63, 3.8) is 0 Å². The number of aliphatic hydroxyl groups is 1. The van der Waals surface area contributed by atoms with Crippen LogP contribution in [0, 0.1) is 10.1 Å². The largest absolute Gasteiger partial charge is 0.389 e. The van der Waals surface area contributed by atoms with Crippen molar-refractivity contribution in [2.24, 2.45) is 0 Å². The Morgan fingerprint density at radius 2 is 2.25 bits per heavy atom. The Hall–Kier alpha value is -1.93. The van der Waals surface area contributed by atoms with Crippen LogP contribution in [-0.2, 0) is 6.54 Å². The number of rotatable bonds is 6. The summed E-state index contributed by atoms with van der Waals surface area (Å²) in [4.78, 5) is 10.0. The highest BCUT2D eigenvalue weighted by atomic mass is 79.9. The van der Waals surface area contributed by atoms with Crippen LogP contribution in [0.4, 0.5) is 11.4 Å². The number of para-hydroxylation sites is 1. The van der Waals surface area contributed by atoms with E-state index in [9.17, 15) is 15.2 Å². The first kappa shape index (κ1) is 14.5. The van der Waals surface area contributed by atoms with Crippen LogP contribution in [-0.4, -0.2) is 32.5 Å². The summed E-state index contributed by atoms with van der Waals surface area (Å²) in [6.07, 6.45) is 1.75. The first-order valence-electron chi connectivity index (χ1n) is 5.89. The number of nitrogens with one attached hydrogen (secondary N) is 1. The van der Waals surface area contributed by atoms with Crippen LogP contribution in [0.25, 0.3) is 0 Å². The smallest absolute Gasteiger partial charge is 0.306 e. The second-order valence-electron chi connectivity index (χ2n) is 4.19. The second-order valence-corrected chi connectivity index (χ2v) is 5.05. The molecule has 1 unspecified atom stereocenters. The molecule has 0 aliphatic heterocycles. The first-order valence-corrected chi connectivity index (χ1v) is 6.69. The van der Waals surface area contributed by atoms with E-state index in [0.29, 0.717) is 6.54 Å². The van der Waals surface area contributed by atoms with Crippen molar-refractivity contribution >= 4 is 27.3 Å². The molecule has 1 atom stereocenters. The van der Waals surface area contributed by atoms with Crippen molar-refractivity contribution in [2.75, 3.05) is 11.9 Å². The summed E-state index contributed by atoms with van der Waals surface area (Å²) in [5.74, 6) is 0. The highest BCUT2D eigenvalue weighted by molar-refractivity contribution is 9.10. The molecule has 8 heteroatoms. The van der Waals surface area contributed by atoms with Gasteiger partial charge >= 0.3 is 5.69 Å². The summed E-state index contributed by atoms with van der Waals surface area (Å²) < 4.78 is 2.26. The lowest BCUT2D eigenvalue weighted by Gasteiger charge is -2.13. The molecule has 1 heterocycles. The summed E-state index contributed by atoms with van der Waals surface area (Å²) in [6.45, 7) is 0.502. The van der Waals surface area contributed by atoms with Gasteiger partial charge in [0.05, 0.1) is 17.6 Å². The number of nitrogens with zero attached hydrogens (tertiary/aromatic N) is 3. The maximum atomic E-state index is 10.5. The van der Waals surface area contributed by atoms with E-state index < -0.39 is 11.0 Å². The second kappa shape index (κ2) is 6.49. The van der Waals surface area contributed by atoms with Crippen LogP contribution in [0.2, 0.25) is 0 Å². The van der Waals surface area contributed by atoms with Crippen LogP contribution >= 0.6 is 15.9 Å². The minimum Gasteiger partial charge on any atom is -0.389 e. The molecular weight excluding hydrogens is 328 g/mol. The fourth-order valence-corrected chi connectivity index (χ4v) is 2.08. The highest BCUT2D eigenvalue weighted by Crippen LogP contribution is 2.21. The fraction of sp³-hybridized carbons (Fsp3) is 0.250. The van der Waals surface area contributed by atoms with E-state index in [1.165, 1.54) is 10.9 Å². The predicted octanol–water partition coefficient (Wildman–Crippen LogP) is 2.03. The third kappa shape index (κ3) is 3.78. The standard InChI is InChI=1S/C12H13BrN4O3/c13-11-3-1-2-4-12(11)14-6-10(18)8-16-7-9(5-15-16)17(19)20/h1-5,7,10,14,18H,6,8H2. The Bertz CT molecular complexity index is 602. The predicted molar refractivity (Wildman–Crippen MR) is 77.5 cm³/mol. The molecule has 0 spiro atoms. The number of aliphatic hydroxyl groups excluding tert-OH is 1. The van der Waals surface area contributed by atoms with Gasteiger partial charge in [0, 0.05) is 16.7 Å². The number of nitro groups is 1. The Labute approximate surface area is 123 Å². The first-order chi connectivity index (χ1) is 9.56. The van der Waals surface area contributed by atoms with E-state index in [-0.39, 0.29) is 12.2 Å². The fourth-order valence-electron chi connectivity index (χ4n) is 1.66. The number of anilines is 1. The van der Waals surface area contributed by atoms with Gasteiger partial charge in [-0.15, -0.1) is 0 Å². The molecule has 2 aromatic rings. The van der Waals surface area contributed by atoms with E-state index >= 15 is 0 Å². The Morgan fingerprint density at radius 3 is 2.90 bits per heavy atom. The summed E-state index contributed by atoms with van der Waals surface area (Å²) >= 11 is 3.40. The number of hydrogen-bond acceptors (Lipinski definition) is 5. The quantitative estimate of drug-likeness (QED) is 0.619. The Kier molecular flexibility index (Phi) is 4.70. The maximum Gasteiger partial charge on any atom is 0.306 e. The molecule has 1 aromatic heterocycles. The normalized spacial score (nSPS) is 12.1. The topological polar surface area (TPSA) is 93.2 Å². The summed E-state index contributed by atoms with van der Waals surface area (Å²) in [6, 6.07) is 7.56. The summed E-state index contributed by atoms with van der Waals surface area (Å²) in [5.41, 5.74) is 0.786. The highest BCUT2D eigenvalue weighted by Gasteiger charge is 2.12. The number of benzene rings is 1. The molecule has 0 saturated carbocycles. The van der Waals surface area contributed by atoms with Crippen LogP contribution in [0.3, 0.4) is 0 Å². The lowest BCUT2D eigenvalue weighted by atomic mass is 10.3. The van der Waals surface area contributed by atoms with E-state index in [4.69, 9.17) is 0 Å². The van der Waals surface area contributed by atoms with Gasteiger partial charge in [-0.25, -0.2) is 0 Å². The molecule has 1 aromatic carbocycles. The van der Waals surface area contributed by atoms with E-state index in [1.54, 1.807) is 0 Å². The summed E-state index contributed by atoms with van der Waals surface area (Å²) in [5, 5.41) is 27.3. The van der Waals surface area contributed by atoms with Crippen molar-refractivity contribution in [3.05, 3.63) is 51.2 Å². The number of aromatic nitrogens is 2. The van der Waals surface area contributed by atoms with Crippen LogP contribution in [0.5, 0.6) is 0 Å². The molecule has 0 aliphatic carbocycles. The maximum absolute atomic E-state index is 10.5. The zero-order valence-corrected chi connectivity index (χ0v) is 12.0. The van der Waals surface area contributed by atoms with Crippen molar-refractivity contribution < 1.29 is 10.0 Å². The summed E-state index contributed by atoms with van der Waals surface area (Å²) in [7, 11) is 0. The molecule has 106 valence electrons. The van der Waals surface area contributed by atoms with Gasteiger partial charge in [0.25, 0.3) is 0 Å². The van der Waals surface area contributed by atoms with Crippen LogP contribution < -0.4 is 5.32 Å². The van der Waals surface area contributed by atoms with E-state index in [0.717, 1.165) is 16.4 Å². The number of halogens is 1. The molecule has 0 radical (unpaired) electrons. The molecule has 2 rings (SSSR count). The zero-order valence-electron chi connectivity index (χ0n) is 10.4. The molecule has 7 nitrogen and oxygen atoms in total. The third-order valence-corrected chi connectivity index (χ3v) is 3.32. The molecule has 20 heavy (non-hydrogen) atoms. The molecule has 0 saturated heterocycles. The average molecular weight is 341 g/mol. The lowest BCUT2D eigenvalue weighted by molar-refractivity contribution is -0.385. The monoisotopic (exact) mass is 340 g/mol. The lowest BCUT2D eigenvalue weighted by Crippen LogP contribution is -2.25. The van der Waals surface area contributed by atoms with Crippen LogP contribution in [0.15, 0.2) is 41.1 Å².